The van der Waals surface area contributed by atoms with Crippen LogP contribution in [0.5, 0.6) is 5.75 Å². The van der Waals surface area contributed by atoms with Crippen LogP contribution in [0, 0.1) is 11.6 Å². The molecular weight excluding hydrogens is 372 g/mol. The highest BCUT2D eigenvalue weighted by Crippen LogP contribution is 2.29. The van der Waals surface area contributed by atoms with E-state index in [-0.39, 0.29) is 17.1 Å². The van der Waals surface area contributed by atoms with Crippen molar-refractivity contribution in [1.29, 1.82) is 0 Å². The van der Waals surface area contributed by atoms with Crippen LogP contribution >= 0.6 is 0 Å². The molecule has 0 bridgehead atoms. The molecule has 4 nitrogen and oxygen atoms in total. The molecule has 0 saturated heterocycles. The van der Waals surface area contributed by atoms with Gasteiger partial charge in [-0.1, -0.05) is 24.3 Å². The van der Waals surface area contributed by atoms with Gasteiger partial charge in [-0.2, -0.15) is 0 Å². The molecule has 0 heterocycles. The Balaban J connectivity index is 2.07. The molecule has 0 unspecified atom stereocenters. The molecule has 27 heavy (non-hydrogen) atoms. The number of sulfonamides is 1. The predicted octanol–water partition coefficient (Wildman–Crippen LogP) is 4.37. The van der Waals surface area contributed by atoms with Crippen LogP contribution in [0.4, 0.5) is 14.5 Å². The lowest BCUT2D eigenvalue weighted by Crippen LogP contribution is -2.31. The molecule has 3 rings (SSSR count). The van der Waals surface area contributed by atoms with Crippen molar-refractivity contribution in [2.75, 3.05) is 11.4 Å². The minimum Gasteiger partial charge on any atom is -0.497 e. The Morgan fingerprint density at radius 1 is 0.889 bits per heavy atom. The van der Waals surface area contributed by atoms with Crippen LogP contribution in [0.15, 0.2) is 77.7 Å². The maximum atomic E-state index is 14.4. The maximum absolute atomic E-state index is 14.4. The lowest BCUT2D eigenvalue weighted by Gasteiger charge is -2.25. The number of halogens is 2. The van der Waals surface area contributed by atoms with Crippen molar-refractivity contribution >= 4 is 15.7 Å². The first kappa shape index (κ1) is 18.8. The third kappa shape index (κ3) is 4.09. The van der Waals surface area contributed by atoms with Crippen LogP contribution in [0.25, 0.3) is 0 Å². The van der Waals surface area contributed by atoms with Crippen LogP contribution in [0.2, 0.25) is 0 Å². The van der Waals surface area contributed by atoms with Gasteiger partial charge in [-0.25, -0.2) is 17.2 Å². The van der Waals surface area contributed by atoms with E-state index in [2.05, 4.69) is 0 Å². The monoisotopic (exact) mass is 389 g/mol. The van der Waals surface area contributed by atoms with Gasteiger partial charge >= 0.3 is 0 Å². The van der Waals surface area contributed by atoms with Crippen molar-refractivity contribution in [3.63, 3.8) is 0 Å². The number of anilines is 1. The van der Waals surface area contributed by atoms with Crippen LogP contribution in [0.1, 0.15) is 5.56 Å². The third-order valence-corrected chi connectivity index (χ3v) is 5.78. The summed E-state index contributed by atoms with van der Waals surface area (Å²) in [5.74, 6) is -0.601. The van der Waals surface area contributed by atoms with Gasteiger partial charge in [0, 0.05) is 0 Å². The van der Waals surface area contributed by atoms with Gasteiger partial charge in [0.05, 0.1) is 24.2 Å². The smallest absolute Gasteiger partial charge is 0.264 e. The molecule has 0 spiro atoms. The van der Waals surface area contributed by atoms with Crippen LogP contribution in [0.3, 0.4) is 0 Å². The lowest BCUT2D eigenvalue weighted by molar-refractivity contribution is 0.414. The summed E-state index contributed by atoms with van der Waals surface area (Å²) in [7, 11) is -2.59. The number of rotatable bonds is 6. The summed E-state index contributed by atoms with van der Waals surface area (Å²) in [4.78, 5) is -0.00587. The number of para-hydroxylation sites is 1. The van der Waals surface area contributed by atoms with Crippen molar-refractivity contribution in [3.05, 3.63) is 90.0 Å². The van der Waals surface area contributed by atoms with E-state index in [0.717, 1.165) is 4.31 Å². The average Bonchev–Trinajstić information content (AvgIpc) is 2.68. The molecule has 7 heteroatoms. The third-order valence-electron chi connectivity index (χ3n) is 4.01. The van der Waals surface area contributed by atoms with Gasteiger partial charge in [-0.15, -0.1) is 0 Å². The zero-order valence-electron chi connectivity index (χ0n) is 14.5. The average molecular weight is 389 g/mol. The molecule has 0 fully saturated rings. The SMILES string of the molecule is COc1ccc(S(=O)(=O)N(Cc2ccc(F)cc2)c2ccccc2F)cc1. The van der Waals surface area contributed by atoms with Crippen LogP contribution < -0.4 is 9.04 Å². The Bertz CT molecular complexity index is 1020. The van der Waals surface area contributed by atoms with Crippen molar-refractivity contribution in [3.8, 4) is 5.75 Å². The van der Waals surface area contributed by atoms with Crippen molar-refractivity contribution in [1.82, 2.24) is 0 Å². The van der Waals surface area contributed by atoms with E-state index >= 15 is 0 Å². The summed E-state index contributed by atoms with van der Waals surface area (Å²) in [6.07, 6.45) is 0. The minimum absolute atomic E-state index is 0.00587. The lowest BCUT2D eigenvalue weighted by atomic mass is 10.2. The van der Waals surface area contributed by atoms with Gasteiger partial charge < -0.3 is 4.74 Å². The van der Waals surface area contributed by atoms with E-state index in [0.29, 0.717) is 11.3 Å². The molecule has 0 atom stereocenters. The van der Waals surface area contributed by atoms with Crippen LogP contribution in [-0.2, 0) is 16.6 Å². The molecule has 140 valence electrons. The Hall–Kier alpha value is -2.93. The molecule has 3 aromatic carbocycles. The molecular formula is C20H17F2NO3S. The van der Waals surface area contributed by atoms with Crippen LogP contribution in [-0.4, -0.2) is 15.5 Å². The van der Waals surface area contributed by atoms with E-state index in [1.807, 2.05) is 0 Å². The van der Waals surface area contributed by atoms with Gasteiger partial charge in [0.2, 0.25) is 0 Å². The van der Waals surface area contributed by atoms with Crippen molar-refractivity contribution in [2.45, 2.75) is 11.4 Å². The summed E-state index contributed by atoms with van der Waals surface area (Å²) in [5.41, 5.74) is 0.439. The first-order valence-electron chi connectivity index (χ1n) is 8.07. The number of benzene rings is 3. The Kier molecular flexibility index (Phi) is 5.41. The zero-order chi connectivity index (χ0) is 19.4. The molecule has 0 aliphatic heterocycles. The Morgan fingerprint density at radius 2 is 1.52 bits per heavy atom. The van der Waals surface area contributed by atoms with Crippen molar-refractivity contribution < 1.29 is 21.9 Å². The largest absolute Gasteiger partial charge is 0.497 e. The molecule has 0 amide bonds. The van der Waals surface area contributed by atoms with Gasteiger partial charge in [0.1, 0.15) is 17.4 Å². The number of ether oxygens (including phenoxy) is 1. The fourth-order valence-corrected chi connectivity index (χ4v) is 4.04. The van der Waals surface area contributed by atoms with Gasteiger partial charge in [0.25, 0.3) is 10.0 Å². The summed E-state index contributed by atoms with van der Waals surface area (Å²) < 4.78 is 60.0. The summed E-state index contributed by atoms with van der Waals surface area (Å²) >= 11 is 0. The number of methoxy groups -OCH3 is 1. The van der Waals surface area contributed by atoms with E-state index in [1.54, 1.807) is 6.07 Å². The second-order valence-corrected chi connectivity index (χ2v) is 7.63. The number of hydrogen-bond donors (Lipinski definition) is 0. The minimum atomic E-state index is -4.07. The second-order valence-electron chi connectivity index (χ2n) is 5.77. The topological polar surface area (TPSA) is 46.6 Å². The summed E-state index contributed by atoms with van der Waals surface area (Å²) in [6, 6.07) is 16.8. The fraction of sp³-hybridized carbons (Fsp3) is 0.100. The molecule has 0 N–H and O–H groups in total. The zero-order valence-corrected chi connectivity index (χ0v) is 15.3. The molecule has 3 aromatic rings. The summed E-state index contributed by atoms with van der Waals surface area (Å²) in [5, 5.41) is 0. The van der Waals surface area contributed by atoms with Gasteiger partial charge in [-0.3, -0.25) is 4.31 Å². The van der Waals surface area contributed by atoms with E-state index in [1.165, 1.54) is 73.8 Å². The second kappa shape index (κ2) is 7.75. The van der Waals surface area contributed by atoms with Gasteiger partial charge in [0.15, 0.2) is 0 Å². The Morgan fingerprint density at radius 3 is 2.11 bits per heavy atom. The fourth-order valence-electron chi connectivity index (χ4n) is 2.58. The first-order chi connectivity index (χ1) is 12.9. The highest BCUT2D eigenvalue weighted by Gasteiger charge is 2.27. The molecule has 0 aliphatic rings. The van der Waals surface area contributed by atoms with Gasteiger partial charge in [-0.05, 0) is 54.1 Å². The first-order valence-corrected chi connectivity index (χ1v) is 9.51. The van der Waals surface area contributed by atoms with E-state index < -0.39 is 21.7 Å². The quantitative estimate of drug-likeness (QED) is 0.629. The summed E-state index contributed by atoms with van der Waals surface area (Å²) in [6.45, 7) is -0.143. The highest BCUT2D eigenvalue weighted by atomic mass is 32.2. The molecule has 0 aliphatic carbocycles. The normalized spacial score (nSPS) is 11.2. The predicted molar refractivity (Wildman–Crippen MR) is 99.2 cm³/mol. The maximum Gasteiger partial charge on any atom is 0.264 e. The molecule has 0 aromatic heterocycles. The van der Waals surface area contributed by atoms with Crippen molar-refractivity contribution in [2.24, 2.45) is 0 Å². The molecule has 0 saturated carbocycles. The number of nitrogens with zero attached hydrogens (tertiary/aromatic N) is 1. The Labute approximate surface area is 156 Å². The standard InChI is InChI=1S/C20H17F2NO3S/c1-26-17-10-12-18(13-11-17)27(24,25)23(20-5-3-2-4-19(20)22)14-15-6-8-16(21)9-7-15/h2-13H,14H2,1H3. The van der Waals surface area contributed by atoms with E-state index in [9.17, 15) is 17.2 Å². The van der Waals surface area contributed by atoms with E-state index in [4.69, 9.17) is 4.74 Å². The molecule has 0 radical (unpaired) electrons. The number of hydrogen-bond acceptors (Lipinski definition) is 3. The highest BCUT2D eigenvalue weighted by molar-refractivity contribution is 7.92.